The summed E-state index contributed by atoms with van der Waals surface area (Å²) >= 11 is 0. The normalized spacial score (nSPS) is 11.5. The Bertz CT molecular complexity index is 1030. The summed E-state index contributed by atoms with van der Waals surface area (Å²) in [6.45, 7) is 3.34. The fourth-order valence-electron chi connectivity index (χ4n) is 2.49. The molecule has 0 bridgehead atoms. The molecule has 0 radical (unpaired) electrons. The van der Waals surface area contributed by atoms with Gasteiger partial charge in [-0.3, -0.25) is 4.72 Å². The standard InChI is InChI=1S/C17H15F2N3O2S/c1-11-17(12(2)22(20-11)14-6-4-3-5-7-14)21-25(23,24)16-9-8-13(18)10-15(16)19/h3-10,21H,1-2H3. The number of para-hydroxylation sites is 1. The molecule has 3 rings (SSSR count). The molecule has 0 amide bonds. The van der Waals surface area contributed by atoms with E-state index in [2.05, 4.69) is 9.82 Å². The van der Waals surface area contributed by atoms with Gasteiger partial charge in [-0.05, 0) is 38.1 Å². The van der Waals surface area contributed by atoms with Crippen molar-refractivity contribution in [1.82, 2.24) is 9.78 Å². The SMILES string of the molecule is Cc1nn(-c2ccccc2)c(C)c1NS(=O)(=O)c1ccc(F)cc1F. The number of aromatic nitrogens is 2. The summed E-state index contributed by atoms with van der Waals surface area (Å²) in [5.74, 6) is -2.00. The highest BCUT2D eigenvalue weighted by atomic mass is 32.2. The van der Waals surface area contributed by atoms with E-state index in [0.29, 0.717) is 17.5 Å². The molecule has 0 aliphatic carbocycles. The van der Waals surface area contributed by atoms with Gasteiger partial charge in [-0.2, -0.15) is 5.10 Å². The summed E-state index contributed by atoms with van der Waals surface area (Å²) in [6.07, 6.45) is 0. The zero-order chi connectivity index (χ0) is 18.2. The van der Waals surface area contributed by atoms with Crippen molar-refractivity contribution in [1.29, 1.82) is 0 Å². The van der Waals surface area contributed by atoms with Crippen molar-refractivity contribution in [2.45, 2.75) is 18.7 Å². The minimum absolute atomic E-state index is 0.257. The van der Waals surface area contributed by atoms with Crippen LogP contribution in [-0.4, -0.2) is 18.2 Å². The maximum absolute atomic E-state index is 13.8. The molecule has 0 aliphatic rings. The van der Waals surface area contributed by atoms with Gasteiger partial charge in [-0.15, -0.1) is 0 Å². The molecule has 0 unspecified atom stereocenters. The van der Waals surface area contributed by atoms with Crippen LogP contribution in [0.25, 0.3) is 5.69 Å². The zero-order valence-electron chi connectivity index (χ0n) is 13.5. The van der Waals surface area contributed by atoms with E-state index in [1.165, 1.54) is 0 Å². The van der Waals surface area contributed by atoms with Crippen LogP contribution in [0.2, 0.25) is 0 Å². The Morgan fingerprint density at radius 1 is 1.04 bits per heavy atom. The van der Waals surface area contributed by atoms with Crippen LogP contribution in [0.5, 0.6) is 0 Å². The van der Waals surface area contributed by atoms with Crippen LogP contribution < -0.4 is 4.72 Å². The molecular formula is C17H15F2N3O2S. The predicted octanol–water partition coefficient (Wildman–Crippen LogP) is 3.57. The number of hydrogen-bond donors (Lipinski definition) is 1. The molecule has 1 heterocycles. The summed E-state index contributed by atoms with van der Waals surface area (Å²) in [6, 6.07) is 11.5. The molecule has 3 aromatic rings. The molecule has 2 aromatic carbocycles. The Labute approximate surface area is 144 Å². The van der Waals surface area contributed by atoms with Crippen LogP contribution in [0.1, 0.15) is 11.4 Å². The van der Waals surface area contributed by atoms with E-state index >= 15 is 0 Å². The second-order valence-electron chi connectivity index (χ2n) is 5.47. The summed E-state index contributed by atoms with van der Waals surface area (Å²) < 4.78 is 55.7. The number of halogens is 2. The second-order valence-corrected chi connectivity index (χ2v) is 7.12. The first-order valence-electron chi connectivity index (χ1n) is 7.39. The Kier molecular flexibility index (Phi) is 4.30. The van der Waals surface area contributed by atoms with Crippen LogP contribution in [0, 0.1) is 25.5 Å². The molecule has 5 nitrogen and oxygen atoms in total. The van der Waals surface area contributed by atoms with E-state index in [1.807, 2.05) is 30.3 Å². The number of nitrogens with one attached hydrogen (secondary N) is 1. The van der Waals surface area contributed by atoms with Crippen molar-refractivity contribution in [3.05, 3.63) is 71.6 Å². The molecule has 0 saturated carbocycles. The largest absolute Gasteiger partial charge is 0.276 e. The van der Waals surface area contributed by atoms with Gasteiger partial charge in [0.15, 0.2) is 0 Å². The lowest BCUT2D eigenvalue weighted by molar-refractivity contribution is 0.551. The number of aryl methyl sites for hydroxylation is 1. The highest BCUT2D eigenvalue weighted by molar-refractivity contribution is 7.92. The van der Waals surface area contributed by atoms with Gasteiger partial charge in [0, 0.05) is 6.07 Å². The van der Waals surface area contributed by atoms with E-state index in [-0.39, 0.29) is 5.69 Å². The smallest absolute Gasteiger partial charge is 0.264 e. The fraction of sp³-hybridized carbons (Fsp3) is 0.118. The summed E-state index contributed by atoms with van der Waals surface area (Å²) in [4.78, 5) is -0.625. The van der Waals surface area contributed by atoms with Crippen molar-refractivity contribution in [2.75, 3.05) is 4.72 Å². The maximum Gasteiger partial charge on any atom is 0.264 e. The maximum atomic E-state index is 13.8. The average Bonchev–Trinajstić information content (AvgIpc) is 2.83. The van der Waals surface area contributed by atoms with Crippen molar-refractivity contribution in [3.63, 3.8) is 0 Å². The van der Waals surface area contributed by atoms with Gasteiger partial charge in [0.2, 0.25) is 0 Å². The van der Waals surface area contributed by atoms with Crippen LogP contribution in [0.15, 0.2) is 53.4 Å². The number of anilines is 1. The molecule has 0 atom stereocenters. The van der Waals surface area contributed by atoms with Crippen molar-refractivity contribution in [3.8, 4) is 5.69 Å². The average molecular weight is 363 g/mol. The summed E-state index contributed by atoms with van der Waals surface area (Å²) in [7, 11) is -4.22. The van der Waals surface area contributed by atoms with E-state index in [0.717, 1.165) is 17.8 Å². The van der Waals surface area contributed by atoms with Crippen LogP contribution in [0.3, 0.4) is 0 Å². The van der Waals surface area contributed by atoms with Crippen molar-refractivity contribution in [2.24, 2.45) is 0 Å². The quantitative estimate of drug-likeness (QED) is 0.771. The number of sulfonamides is 1. The first-order chi connectivity index (χ1) is 11.8. The number of benzene rings is 2. The van der Waals surface area contributed by atoms with E-state index in [9.17, 15) is 17.2 Å². The molecule has 25 heavy (non-hydrogen) atoms. The topological polar surface area (TPSA) is 64.0 Å². The molecule has 130 valence electrons. The van der Waals surface area contributed by atoms with Gasteiger partial charge in [-0.1, -0.05) is 18.2 Å². The minimum Gasteiger partial charge on any atom is -0.276 e. The predicted molar refractivity (Wildman–Crippen MR) is 90.2 cm³/mol. The van der Waals surface area contributed by atoms with Crippen LogP contribution in [0.4, 0.5) is 14.5 Å². The van der Waals surface area contributed by atoms with E-state index in [4.69, 9.17) is 0 Å². The van der Waals surface area contributed by atoms with Gasteiger partial charge in [0.05, 0.1) is 22.8 Å². The molecule has 1 N–H and O–H groups in total. The first-order valence-corrected chi connectivity index (χ1v) is 8.87. The van der Waals surface area contributed by atoms with Crippen LogP contribution in [-0.2, 0) is 10.0 Å². The van der Waals surface area contributed by atoms with Crippen molar-refractivity contribution >= 4 is 15.7 Å². The third-order valence-electron chi connectivity index (χ3n) is 3.71. The molecule has 0 spiro atoms. The fourth-order valence-corrected chi connectivity index (χ4v) is 3.73. The van der Waals surface area contributed by atoms with E-state index < -0.39 is 26.6 Å². The molecule has 0 fully saturated rings. The Hall–Kier alpha value is -2.74. The molecule has 8 heteroatoms. The third kappa shape index (κ3) is 3.25. The van der Waals surface area contributed by atoms with Crippen LogP contribution >= 0.6 is 0 Å². The monoisotopic (exact) mass is 363 g/mol. The Morgan fingerprint density at radius 2 is 1.72 bits per heavy atom. The number of hydrogen-bond acceptors (Lipinski definition) is 3. The van der Waals surface area contributed by atoms with Gasteiger partial charge >= 0.3 is 0 Å². The summed E-state index contributed by atoms with van der Waals surface area (Å²) in [5.41, 5.74) is 2.01. The van der Waals surface area contributed by atoms with Gasteiger partial charge in [0.25, 0.3) is 10.0 Å². The van der Waals surface area contributed by atoms with Gasteiger partial charge in [0.1, 0.15) is 16.5 Å². The highest BCUT2D eigenvalue weighted by Crippen LogP contribution is 2.26. The minimum atomic E-state index is -4.22. The lowest BCUT2D eigenvalue weighted by Crippen LogP contribution is -2.16. The Balaban J connectivity index is 2.02. The molecule has 0 aliphatic heterocycles. The zero-order valence-corrected chi connectivity index (χ0v) is 14.3. The number of rotatable bonds is 4. The van der Waals surface area contributed by atoms with Gasteiger partial charge < -0.3 is 0 Å². The lowest BCUT2D eigenvalue weighted by Gasteiger charge is -2.10. The summed E-state index contributed by atoms with van der Waals surface area (Å²) in [5, 5.41) is 4.33. The highest BCUT2D eigenvalue weighted by Gasteiger charge is 2.23. The third-order valence-corrected chi connectivity index (χ3v) is 5.09. The number of nitrogens with zero attached hydrogens (tertiary/aromatic N) is 2. The molecule has 0 saturated heterocycles. The lowest BCUT2D eigenvalue weighted by atomic mass is 10.3. The van der Waals surface area contributed by atoms with E-state index in [1.54, 1.807) is 18.5 Å². The first kappa shape index (κ1) is 17.1. The molecular weight excluding hydrogens is 348 g/mol. The Morgan fingerprint density at radius 3 is 2.36 bits per heavy atom. The van der Waals surface area contributed by atoms with Crippen molar-refractivity contribution < 1.29 is 17.2 Å². The van der Waals surface area contributed by atoms with Gasteiger partial charge in [-0.25, -0.2) is 21.9 Å². The second kappa shape index (κ2) is 6.29. The molecule has 1 aromatic heterocycles.